The first-order chi connectivity index (χ1) is 16.2. The van der Waals surface area contributed by atoms with E-state index in [0.717, 1.165) is 23.4 Å². The number of carbonyl (C=O) groups is 1. The number of carbonyl (C=O) groups excluding carboxylic acids is 1. The van der Waals surface area contributed by atoms with Crippen molar-refractivity contribution < 1.29 is 22.7 Å². The van der Waals surface area contributed by atoms with Gasteiger partial charge in [-0.15, -0.1) is 0 Å². The van der Waals surface area contributed by atoms with Crippen molar-refractivity contribution in [3.63, 3.8) is 0 Å². The van der Waals surface area contributed by atoms with E-state index >= 15 is 0 Å². The van der Waals surface area contributed by atoms with Gasteiger partial charge >= 0.3 is 6.18 Å². The number of amides is 1. The lowest BCUT2D eigenvalue weighted by Crippen LogP contribution is -2.26. The highest BCUT2D eigenvalue weighted by atomic mass is 19.4. The van der Waals surface area contributed by atoms with Crippen LogP contribution in [0.5, 0.6) is 5.75 Å². The zero-order chi connectivity index (χ0) is 24.3. The van der Waals surface area contributed by atoms with Crippen molar-refractivity contribution in [1.82, 2.24) is 15.0 Å². The van der Waals surface area contributed by atoms with Crippen LogP contribution in [-0.4, -0.2) is 40.1 Å². The minimum Gasteiger partial charge on any atom is -0.489 e. The van der Waals surface area contributed by atoms with Crippen molar-refractivity contribution in [2.24, 2.45) is 0 Å². The lowest BCUT2D eigenvalue weighted by atomic mass is 10.1. The number of benzene rings is 2. The maximum absolute atomic E-state index is 12.7. The van der Waals surface area contributed by atoms with Gasteiger partial charge in [-0.2, -0.15) is 18.2 Å². The molecule has 3 aromatic rings. The third kappa shape index (κ3) is 5.53. The molecular formula is C23H23F3N6O2. The van der Waals surface area contributed by atoms with Crippen molar-refractivity contribution in [1.29, 1.82) is 0 Å². The van der Waals surface area contributed by atoms with Gasteiger partial charge in [-0.05, 0) is 48.9 Å². The van der Waals surface area contributed by atoms with Crippen LogP contribution in [0.1, 0.15) is 24.5 Å². The second-order valence-electron chi connectivity index (χ2n) is 7.89. The summed E-state index contributed by atoms with van der Waals surface area (Å²) in [6, 6.07) is 10.1. The van der Waals surface area contributed by atoms with E-state index in [4.69, 9.17) is 4.74 Å². The molecule has 34 heavy (non-hydrogen) atoms. The van der Waals surface area contributed by atoms with Gasteiger partial charge in [0.2, 0.25) is 17.8 Å². The zero-order valence-corrected chi connectivity index (χ0v) is 18.6. The van der Waals surface area contributed by atoms with Crippen LogP contribution >= 0.6 is 0 Å². The molecule has 0 saturated carbocycles. The van der Waals surface area contributed by atoms with Crippen molar-refractivity contribution in [3.05, 3.63) is 59.9 Å². The average Bonchev–Trinajstić information content (AvgIpc) is 3.25. The van der Waals surface area contributed by atoms with Crippen LogP contribution in [0.4, 0.5) is 36.4 Å². The SMILES string of the molecule is CC(=O)Nc1cccc(Nc2ncnc(N3CC[C@@H](Oc4ccc(C(F)(F)F)cc4)C3)n2)c1C. The van der Waals surface area contributed by atoms with E-state index in [-0.39, 0.29) is 12.0 Å². The number of ether oxygens (including phenoxy) is 1. The number of rotatable bonds is 6. The fourth-order valence-electron chi connectivity index (χ4n) is 3.64. The standard InChI is InChI=1S/C23H23F3N6O2/c1-14-19(29-15(2)33)4-3-5-20(14)30-21-27-13-28-22(31-21)32-11-10-18(12-32)34-17-8-6-16(7-9-17)23(24,25)26/h3-9,13,18H,10-12H2,1-2H3,(H,29,33)(H,27,28,30,31)/t18-/m1/s1. The molecule has 8 nitrogen and oxygen atoms in total. The van der Waals surface area contributed by atoms with E-state index < -0.39 is 11.7 Å². The summed E-state index contributed by atoms with van der Waals surface area (Å²) < 4.78 is 44.1. The predicted octanol–water partition coefficient (Wildman–Crippen LogP) is 4.56. The second kappa shape index (κ2) is 9.54. The van der Waals surface area contributed by atoms with Gasteiger partial charge in [0.1, 0.15) is 18.2 Å². The summed E-state index contributed by atoms with van der Waals surface area (Å²) in [6.45, 7) is 4.44. The monoisotopic (exact) mass is 472 g/mol. The molecule has 178 valence electrons. The van der Waals surface area contributed by atoms with E-state index in [1.165, 1.54) is 25.4 Å². The Kier molecular flexibility index (Phi) is 6.53. The van der Waals surface area contributed by atoms with Gasteiger partial charge in [-0.1, -0.05) is 6.07 Å². The van der Waals surface area contributed by atoms with E-state index in [9.17, 15) is 18.0 Å². The predicted molar refractivity (Wildman–Crippen MR) is 121 cm³/mol. The summed E-state index contributed by atoms with van der Waals surface area (Å²) >= 11 is 0. The van der Waals surface area contributed by atoms with Crippen molar-refractivity contribution in [2.75, 3.05) is 28.6 Å². The third-order valence-electron chi connectivity index (χ3n) is 5.36. The Morgan fingerprint density at radius 2 is 1.85 bits per heavy atom. The van der Waals surface area contributed by atoms with Gasteiger partial charge in [0.25, 0.3) is 0 Å². The smallest absolute Gasteiger partial charge is 0.416 e. The second-order valence-corrected chi connectivity index (χ2v) is 7.89. The van der Waals surface area contributed by atoms with Gasteiger partial charge in [0.05, 0.1) is 12.1 Å². The lowest BCUT2D eigenvalue weighted by Gasteiger charge is -2.18. The minimum absolute atomic E-state index is 0.162. The highest BCUT2D eigenvalue weighted by Gasteiger charge is 2.31. The zero-order valence-electron chi connectivity index (χ0n) is 18.6. The molecule has 1 saturated heterocycles. The molecule has 0 spiro atoms. The third-order valence-corrected chi connectivity index (χ3v) is 5.36. The number of nitrogens with zero attached hydrogens (tertiary/aromatic N) is 4. The lowest BCUT2D eigenvalue weighted by molar-refractivity contribution is -0.137. The Balaban J connectivity index is 1.40. The van der Waals surface area contributed by atoms with Crippen LogP contribution < -0.4 is 20.3 Å². The number of hydrogen-bond donors (Lipinski definition) is 2. The van der Waals surface area contributed by atoms with Gasteiger partial charge in [-0.25, -0.2) is 9.97 Å². The number of alkyl halides is 3. The van der Waals surface area contributed by atoms with Crippen LogP contribution in [0.15, 0.2) is 48.8 Å². The van der Waals surface area contributed by atoms with Crippen LogP contribution in [0.2, 0.25) is 0 Å². The van der Waals surface area contributed by atoms with Crippen LogP contribution in [0, 0.1) is 6.92 Å². The van der Waals surface area contributed by atoms with E-state index in [2.05, 4.69) is 25.6 Å². The molecule has 4 rings (SSSR count). The molecule has 1 aliphatic heterocycles. The van der Waals surface area contributed by atoms with Gasteiger partial charge in [0.15, 0.2) is 0 Å². The quantitative estimate of drug-likeness (QED) is 0.543. The number of aromatic nitrogens is 3. The highest BCUT2D eigenvalue weighted by molar-refractivity contribution is 5.90. The van der Waals surface area contributed by atoms with E-state index in [1.807, 2.05) is 30.0 Å². The van der Waals surface area contributed by atoms with Crippen LogP contribution in [-0.2, 0) is 11.0 Å². The summed E-state index contributed by atoms with van der Waals surface area (Å²) in [5.41, 5.74) is 1.56. The number of halogens is 3. The van der Waals surface area contributed by atoms with Crippen molar-refractivity contribution in [2.45, 2.75) is 32.5 Å². The molecule has 2 aromatic carbocycles. The van der Waals surface area contributed by atoms with Crippen LogP contribution in [0.3, 0.4) is 0 Å². The maximum Gasteiger partial charge on any atom is 0.416 e. The molecule has 1 amide bonds. The molecule has 1 atom stereocenters. The van der Waals surface area contributed by atoms with Crippen molar-refractivity contribution in [3.8, 4) is 5.75 Å². The number of nitrogens with one attached hydrogen (secondary N) is 2. The number of anilines is 4. The van der Waals surface area contributed by atoms with Crippen LogP contribution in [0.25, 0.3) is 0 Å². The van der Waals surface area contributed by atoms with Gasteiger partial charge < -0.3 is 20.3 Å². The first-order valence-corrected chi connectivity index (χ1v) is 10.6. The molecule has 0 radical (unpaired) electrons. The van der Waals surface area contributed by atoms with Gasteiger partial charge in [0, 0.05) is 31.3 Å². The Labute approximate surface area is 194 Å². The molecular weight excluding hydrogens is 449 g/mol. The Morgan fingerprint density at radius 1 is 1.12 bits per heavy atom. The maximum atomic E-state index is 12.7. The normalized spacial score (nSPS) is 15.8. The summed E-state index contributed by atoms with van der Waals surface area (Å²) in [7, 11) is 0. The largest absolute Gasteiger partial charge is 0.489 e. The van der Waals surface area contributed by atoms with E-state index in [1.54, 1.807) is 0 Å². The van der Waals surface area contributed by atoms with Crippen molar-refractivity contribution >= 4 is 29.2 Å². The summed E-state index contributed by atoms with van der Waals surface area (Å²) in [4.78, 5) is 26.2. The molecule has 0 unspecified atom stereocenters. The minimum atomic E-state index is -4.38. The summed E-state index contributed by atoms with van der Waals surface area (Å²) in [5, 5.41) is 5.94. The molecule has 11 heteroatoms. The van der Waals surface area contributed by atoms with Gasteiger partial charge in [-0.3, -0.25) is 4.79 Å². The Hall–Kier alpha value is -3.89. The summed E-state index contributed by atoms with van der Waals surface area (Å²) in [5.74, 6) is 1.03. The first-order valence-electron chi connectivity index (χ1n) is 10.6. The summed E-state index contributed by atoms with van der Waals surface area (Å²) in [6.07, 6.45) is -2.51. The fourth-order valence-corrected chi connectivity index (χ4v) is 3.64. The van der Waals surface area contributed by atoms with E-state index in [0.29, 0.717) is 42.8 Å². The molecule has 1 aromatic heterocycles. The fraction of sp³-hybridized carbons (Fsp3) is 0.304. The molecule has 0 aliphatic carbocycles. The topological polar surface area (TPSA) is 92.3 Å². The highest BCUT2D eigenvalue weighted by Crippen LogP contribution is 2.31. The molecule has 0 bridgehead atoms. The first kappa shape index (κ1) is 23.3. The molecule has 2 N–H and O–H groups in total. The molecule has 2 heterocycles. The average molecular weight is 472 g/mol. The molecule has 1 aliphatic rings. The molecule has 1 fully saturated rings. The number of hydrogen-bond acceptors (Lipinski definition) is 7. The Bertz CT molecular complexity index is 1170. The Morgan fingerprint density at radius 3 is 2.56 bits per heavy atom.